The lowest BCUT2D eigenvalue weighted by Crippen LogP contribution is -2.58. The van der Waals surface area contributed by atoms with Crippen molar-refractivity contribution >= 4 is 123 Å². The molecule has 0 aliphatic carbocycles. The molecule has 2 aliphatic rings. The second kappa shape index (κ2) is 46.6. The molecule has 2 saturated heterocycles. The van der Waals surface area contributed by atoms with E-state index in [4.69, 9.17) is 22.3 Å². The second-order valence-electron chi connectivity index (χ2n) is 26.6. The summed E-state index contributed by atoms with van der Waals surface area (Å²) in [5.74, 6) is -15.5. The van der Waals surface area contributed by atoms with Crippen LogP contribution in [0.4, 0.5) is 5.82 Å². The smallest absolute Gasteiger partial charge is 0.305 e. The Labute approximate surface area is 659 Å². The molecular formula is C72H96N22O20S. The highest BCUT2D eigenvalue weighted by Gasteiger charge is 2.36. The van der Waals surface area contributed by atoms with Crippen molar-refractivity contribution < 1.29 is 95.1 Å². The van der Waals surface area contributed by atoms with Gasteiger partial charge in [-0.2, -0.15) is 13.5 Å². The second-order valence-corrected chi connectivity index (χ2v) is 28.0. The number of hydrazone groups is 1. The van der Waals surface area contributed by atoms with Crippen molar-refractivity contribution in [2.24, 2.45) is 16.6 Å². The van der Waals surface area contributed by atoms with E-state index in [0.717, 1.165) is 18.5 Å². The molecule has 115 heavy (non-hydrogen) atoms. The number of carbonyl (C=O) groups is 15. The van der Waals surface area contributed by atoms with Crippen molar-refractivity contribution in [2.75, 3.05) is 44.7 Å². The molecular weight excluding hydrogens is 1520 g/mol. The number of benzene rings is 3. The fourth-order valence-corrected chi connectivity index (χ4v) is 12.4. The lowest BCUT2D eigenvalue weighted by molar-refractivity contribution is -0.141. The summed E-state index contributed by atoms with van der Waals surface area (Å²) in [4.78, 5) is 208. The third-order valence-electron chi connectivity index (χ3n) is 17.6. The lowest BCUT2D eigenvalue weighted by Gasteiger charge is -2.26. The van der Waals surface area contributed by atoms with Gasteiger partial charge in [0.1, 0.15) is 65.1 Å². The number of hydrogen-bond acceptors (Lipinski definition) is 22. The molecule has 9 atom stereocenters. The summed E-state index contributed by atoms with van der Waals surface area (Å²) in [6, 6.07) is 11.1. The zero-order chi connectivity index (χ0) is 84.0. The Bertz CT molecular complexity index is 4280. The maximum absolute atomic E-state index is 14.5. The highest BCUT2D eigenvalue weighted by atomic mass is 32.2. The van der Waals surface area contributed by atoms with Gasteiger partial charge < -0.3 is 101 Å². The first-order valence-electron chi connectivity index (χ1n) is 36.6. The van der Waals surface area contributed by atoms with Gasteiger partial charge in [-0.1, -0.05) is 78.9 Å². The summed E-state index contributed by atoms with van der Waals surface area (Å²) in [5, 5.41) is 76.4. The van der Waals surface area contributed by atoms with E-state index in [1.165, 1.54) is 30.3 Å². The van der Waals surface area contributed by atoms with Crippen molar-refractivity contribution in [1.82, 2.24) is 84.7 Å². The molecule has 0 bridgehead atoms. The SMILES string of the molecule is N=C(N)NCCCC1NC(=O)CNC(=O)[C@@H](CC(=O)O)NC(=O)[C@@H](Cc2ccccc2)NC(=O)C(CCCCNC(=O)C(CCC(=O)NCCCC[C@H]2NC(=O)[C@H](CCCNC(=N)N)NC(=O)CNC(=O)C(CC(=O)O)NC(=O)[C@@H](Cc3ccccc3)NC2=O)NC(=O)c2ccc(N/N=C/c3ccccc3S(=O)(=O)O)nc2)NC1=O. The zero-order valence-electron chi connectivity index (χ0n) is 62.4. The molecule has 3 heterocycles. The van der Waals surface area contributed by atoms with Crippen molar-refractivity contribution in [1.29, 1.82) is 10.8 Å². The Balaban J connectivity index is 1.19. The van der Waals surface area contributed by atoms with E-state index in [9.17, 15) is 95.1 Å². The lowest BCUT2D eigenvalue weighted by atomic mass is 10.0. The summed E-state index contributed by atoms with van der Waals surface area (Å²) in [7, 11) is -4.62. The summed E-state index contributed by atoms with van der Waals surface area (Å²) >= 11 is 0. The fraction of sp³-hybridized carbons (Fsp3) is 0.431. The standard InChI is InChI=1S/C72H96N22O20S/c73-71(74)79-31-13-22-45-65(106)88-47(67(108)90-50(33-41-15-3-1-4-16-41)69(110)92-52(35-59(98)99)63(104)82-39-57(96)85-45)20-9-11-29-77-56(95)28-26-49(87-61(102)44-25-27-55(81-37-44)94-84-38-43-19-7-8-24-54(43)115(112,113)114)62(103)78-30-12-10-21-48-68(109)91-51(34-42-17-5-2-6-18-42)70(111)93-53(36-60(100)101)64(105)83-40-58(97)86-46(66(107)89-48)23-14-32-80-72(75)76/h1-8,15-19,24-25,27,37-38,45-53H,9-14,20-23,26,28-36,39-40H2,(H,77,95)(H,78,103)(H,81,94)(H,82,104)(H,83,105)(H,85,96)(H,86,97)(H,87,102)(H,88,106)(H,89,107)(H,90,108)(H,91,109)(H,92,110)(H,93,111)(H,98,99)(H,100,101)(H4,73,74,79)(H4,75,76,80)(H,112,113,114)/b84-38+/t45-,46?,47+,48?,49?,50+,51+,52?,53+/m0/s1. The number of aromatic nitrogens is 1. The topological polar surface area (TPSA) is 668 Å². The van der Waals surface area contributed by atoms with Crippen LogP contribution in [-0.2, 0) is 90.1 Å². The summed E-state index contributed by atoms with van der Waals surface area (Å²) < 4.78 is 33.5. The van der Waals surface area contributed by atoms with Gasteiger partial charge >= 0.3 is 11.9 Å². The average Bonchev–Trinajstić information content (AvgIpc) is 1.56. The number of amides is 13. The van der Waals surface area contributed by atoms with E-state index < -0.39 is 190 Å². The van der Waals surface area contributed by atoms with Crippen molar-refractivity contribution in [3.05, 3.63) is 126 Å². The molecule has 4 unspecified atom stereocenters. The maximum atomic E-state index is 14.5. The first-order chi connectivity index (χ1) is 54.8. The Kier molecular flexibility index (Phi) is 36.7. The number of nitrogens with two attached hydrogens (primary N) is 2. The quantitative estimate of drug-likeness (QED) is 0.00669. The van der Waals surface area contributed by atoms with Gasteiger partial charge in [0.25, 0.3) is 16.0 Å². The molecule has 0 spiro atoms. The summed E-state index contributed by atoms with van der Waals surface area (Å²) in [5.41, 5.74) is 14.4. The predicted octanol–water partition coefficient (Wildman–Crippen LogP) is -4.67. The Hall–Kier alpha value is -13.2. The third kappa shape index (κ3) is 32.9. The minimum Gasteiger partial charge on any atom is -0.481 e. The number of guanidine groups is 2. The highest BCUT2D eigenvalue weighted by molar-refractivity contribution is 7.86. The van der Waals surface area contributed by atoms with E-state index in [2.05, 4.69) is 95.3 Å². The average molecular weight is 1620 g/mol. The monoisotopic (exact) mass is 1620 g/mol. The number of aliphatic carboxylic acids is 2. The van der Waals surface area contributed by atoms with Crippen molar-refractivity contribution in [2.45, 2.75) is 162 Å². The van der Waals surface area contributed by atoms with E-state index in [0.29, 0.717) is 11.1 Å². The van der Waals surface area contributed by atoms with Gasteiger partial charge in [-0.05, 0) is 100.0 Å². The van der Waals surface area contributed by atoms with E-state index in [1.54, 1.807) is 60.7 Å². The molecule has 2 aliphatic heterocycles. The van der Waals surface area contributed by atoms with Crippen LogP contribution in [0, 0.1) is 10.8 Å². The molecule has 43 heteroatoms. The molecule has 25 N–H and O–H groups in total. The number of pyridine rings is 1. The summed E-state index contributed by atoms with van der Waals surface area (Å²) in [6.45, 7) is -1.62. The van der Waals surface area contributed by atoms with Crippen molar-refractivity contribution in [3.8, 4) is 0 Å². The highest BCUT2D eigenvalue weighted by Crippen LogP contribution is 2.16. The molecule has 4 aromatic rings. The number of carbonyl (C=O) groups excluding carboxylic acids is 13. The van der Waals surface area contributed by atoms with Crippen LogP contribution in [0.2, 0.25) is 0 Å². The molecule has 1 aromatic heterocycles. The Morgan fingerprint density at radius 2 is 0.913 bits per heavy atom. The van der Waals surface area contributed by atoms with Gasteiger partial charge in [0, 0.05) is 57.2 Å². The fourth-order valence-electron chi connectivity index (χ4n) is 11.7. The molecule has 0 saturated carbocycles. The van der Waals surface area contributed by atoms with Crippen LogP contribution in [0.1, 0.15) is 117 Å². The van der Waals surface area contributed by atoms with Crippen LogP contribution >= 0.6 is 0 Å². The van der Waals surface area contributed by atoms with Gasteiger partial charge in [0.2, 0.25) is 70.9 Å². The number of unbranched alkanes of at least 4 members (excludes halogenated alkanes) is 2. The van der Waals surface area contributed by atoms with Gasteiger partial charge in [0.15, 0.2) is 11.9 Å². The number of anilines is 1. The number of rotatable bonds is 36. The number of carboxylic acid groups (broad SMARTS) is 2. The first kappa shape index (κ1) is 90.7. The predicted molar refractivity (Wildman–Crippen MR) is 410 cm³/mol. The Morgan fingerprint density at radius 3 is 1.36 bits per heavy atom. The van der Waals surface area contributed by atoms with Gasteiger partial charge in [0.05, 0.1) is 37.7 Å². The van der Waals surface area contributed by atoms with E-state index >= 15 is 0 Å². The normalized spacial score (nSPS) is 19.8. The molecule has 42 nitrogen and oxygen atoms in total. The number of hydrogen-bond donors (Lipinski definition) is 23. The van der Waals surface area contributed by atoms with E-state index in [1.807, 2.05) is 0 Å². The van der Waals surface area contributed by atoms with Gasteiger partial charge in [-0.3, -0.25) is 92.7 Å². The number of nitrogens with one attached hydrogen (secondary N) is 18. The maximum Gasteiger partial charge on any atom is 0.305 e. The van der Waals surface area contributed by atoms with E-state index in [-0.39, 0.29) is 139 Å². The Morgan fingerprint density at radius 1 is 0.504 bits per heavy atom. The molecule has 2 fully saturated rings. The molecule has 3 aromatic carbocycles. The minimum absolute atomic E-state index is 0.0239. The van der Waals surface area contributed by atoms with Crippen LogP contribution in [0.5, 0.6) is 0 Å². The van der Waals surface area contributed by atoms with Crippen LogP contribution in [0.15, 0.2) is 113 Å². The molecule has 0 radical (unpaired) electrons. The van der Waals surface area contributed by atoms with Crippen molar-refractivity contribution in [3.63, 3.8) is 0 Å². The van der Waals surface area contributed by atoms with Crippen LogP contribution in [0.3, 0.4) is 0 Å². The number of carboxylic acids is 2. The van der Waals surface area contributed by atoms with Crippen LogP contribution in [-0.4, -0.2) is 229 Å². The third-order valence-corrected chi connectivity index (χ3v) is 18.5. The largest absolute Gasteiger partial charge is 0.481 e. The van der Waals surface area contributed by atoms with Crippen LogP contribution in [0.25, 0.3) is 0 Å². The minimum atomic E-state index is -4.62. The summed E-state index contributed by atoms with van der Waals surface area (Å²) in [6.07, 6.45) is -0.711. The van der Waals surface area contributed by atoms with Crippen LogP contribution < -0.4 is 96.6 Å². The first-order valence-corrected chi connectivity index (χ1v) is 38.1. The molecule has 13 amide bonds. The number of nitrogens with zero attached hydrogens (tertiary/aromatic N) is 2. The molecule has 620 valence electrons. The van der Waals surface area contributed by atoms with Gasteiger partial charge in [-0.25, -0.2) is 4.98 Å². The van der Waals surface area contributed by atoms with Gasteiger partial charge in [-0.15, -0.1) is 0 Å². The molecule has 6 rings (SSSR count). The zero-order valence-corrected chi connectivity index (χ0v) is 63.2.